The predicted octanol–water partition coefficient (Wildman–Crippen LogP) is 0.0583. The molecule has 1 aliphatic rings. The molecule has 2 unspecified atom stereocenters. The Hall–Kier alpha value is -0.640. The molecule has 74 valence electrons. The van der Waals surface area contributed by atoms with Crippen molar-refractivity contribution in [3.05, 3.63) is 24.3 Å². The average molecular weight is 183 g/mol. The first-order chi connectivity index (χ1) is 6.16. The summed E-state index contributed by atoms with van der Waals surface area (Å²) in [6, 6.07) is -0.0178. The highest BCUT2D eigenvalue weighted by Crippen LogP contribution is 2.18. The first-order valence-electron chi connectivity index (χ1n) is 4.55. The van der Waals surface area contributed by atoms with Gasteiger partial charge in [0.05, 0.1) is 12.2 Å². The molecule has 0 aliphatic heterocycles. The Balaban J connectivity index is 2.60. The van der Waals surface area contributed by atoms with Crippen LogP contribution in [0.5, 0.6) is 0 Å². The number of aliphatic hydroxyl groups is 2. The van der Waals surface area contributed by atoms with Crippen molar-refractivity contribution in [2.45, 2.75) is 25.2 Å². The van der Waals surface area contributed by atoms with Crippen LogP contribution in [-0.2, 0) is 0 Å². The van der Waals surface area contributed by atoms with Crippen LogP contribution in [0, 0.1) is 5.92 Å². The largest absolute Gasteiger partial charge is 0.391 e. The van der Waals surface area contributed by atoms with E-state index in [-0.39, 0.29) is 12.0 Å². The first-order valence-corrected chi connectivity index (χ1v) is 4.55. The van der Waals surface area contributed by atoms with Gasteiger partial charge in [0, 0.05) is 12.0 Å². The summed E-state index contributed by atoms with van der Waals surface area (Å²) in [7, 11) is 1.79. The second kappa shape index (κ2) is 4.56. The molecule has 3 heteroatoms. The van der Waals surface area contributed by atoms with E-state index in [2.05, 4.69) is 5.32 Å². The molecule has 0 heterocycles. The molecule has 0 amide bonds. The number of rotatable bonds is 3. The lowest BCUT2D eigenvalue weighted by Crippen LogP contribution is -2.43. The van der Waals surface area contributed by atoms with E-state index in [1.54, 1.807) is 19.2 Å². The molecular weight excluding hydrogens is 166 g/mol. The molecule has 0 bridgehead atoms. The minimum atomic E-state index is -0.573. The van der Waals surface area contributed by atoms with E-state index in [1.165, 1.54) is 0 Å². The van der Waals surface area contributed by atoms with E-state index in [9.17, 15) is 10.2 Å². The third kappa shape index (κ3) is 2.40. The zero-order valence-electron chi connectivity index (χ0n) is 8.01. The van der Waals surface area contributed by atoms with Crippen molar-refractivity contribution in [1.29, 1.82) is 0 Å². The van der Waals surface area contributed by atoms with Gasteiger partial charge in [-0.1, -0.05) is 24.3 Å². The third-order valence-electron chi connectivity index (χ3n) is 2.51. The van der Waals surface area contributed by atoms with Gasteiger partial charge in [0.15, 0.2) is 0 Å². The highest BCUT2D eigenvalue weighted by Gasteiger charge is 2.27. The van der Waals surface area contributed by atoms with Crippen LogP contribution in [0.3, 0.4) is 0 Å². The molecular formula is C10H17NO2. The molecule has 0 aromatic heterocycles. The normalized spacial score (nSPS) is 31.7. The summed E-state index contributed by atoms with van der Waals surface area (Å²) in [4.78, 5) is 0. The van der Waals surface area contributed by atoms with Crippen LogP contribution in [0.2, 0.25) is 0 Å². The Kier molecular flexibility index (Phi) is 3.66. The maximum atomic E-state index is 9.81. The smallest absolute Gasteiger partial charge is 0.0812 e. The fourth-order valence-electron chi connectivity index (χ4n) is 1.43. The van der Waals surface area contributed by atoms with Crippen LogP contribution in [0.1, 0.15) is 6.92 Å². The minimum absolute atomic E-state index is 0.0178. The summed E-state index contributed by atoms with van der Waals surface area (Å²) >= 11 is 0. The van der Waals surface area contributed by atoms with Crippen molar-refractivity contribution >= 4 is 0 Å². The fraction of sp³-hybridized carbons (Fsp3) is 0.600. The molecule has 0 saturated carbocycles. The molecule has 1 aliphatic carbocycles. The molecule has 0 aromatic rings. The number of allylic oxidation sites excluding steroid dienone is 2. The Bertz CT molecular complexity index is 213. The van der Waals surface area contributed by atoms with Gasteiger partial charge in [-0.3, -0.25) is 0 Å². The summed E-state index contributed by atoms with van der Waals surface area (Å²) in [5, 5.41) is 22.3. The number of aliphatic hydroxyl groups excluding tert-OH is 2. The van der Waals surface area contributed by atoms with E-state index in [0.717, 1.165) is 0 Å². The molecule has 0 fully saturated rings. The van der Waals surface area contributed by atoms with Crippen LogP contribution in [0.25, 0.3) is 0 Å². The van der Waals surface area contributed by atoms with Gasteiger partial charge >= 0.3 is 0 Å². The predicted molar refractivity (Wildman–Crippen MR) is 52.3 cm³/mol. The maximum Gasteiger partial charge on any atom is 0.0812 e. The molecule has 3 N–H and O–H groups in total. The maximum absolute atomic E-state index is 9.81. The Morgan fingerprint density at radius 1 is 1.31 bits per heavy atom. The van der Waals surface area contributed by atoms with E-state index in [0.29, 0.717) is 0 Å². The van der Waals surface area contributed by atoms with Crippen LogP contribution in [0.4, 0.5) is 0 Å². The second-order valence-corrected chi connectivity index (χ2v) is 3.41. The standard InChI is InChI=1S/C10H17NO2/c1-7(11-2)10(13)8-5-3-4-6-9(8)12/h3-13H,1-2H3/t7-,8?,9?,10+/m0/s1. The lowest BCUT2D eigenvalue weighted by molar-refractivity contribution is 0.0393. The number of nitrogens with one attached hydrogen (secondary N) is 1. The summed E-state index contributed by atoms with van der Waals surface area (Å²) in [6.07, 6.45) is 6.04. The van der Waals surface area contributed by atoms with Gasteiger partial charge in [-0.2, -0.15) is 0 Å². The zero-order valence-corrected chi connectivity index (χ0v) is 8.01. The summed E-state index contributed by atoms with van der Waals surface area (Å²) in [5.41, 5.74) is 0. The minimum Gasteiger partial charge on any atom is -0.391 e. The van der Waals surface area contributed by atoms with Crippen molar-refractivity contribution in [1.82, 2.24) is 5.32 Å². The fourth-order valence-corrected chi connectivity index (χ4v) is 1.43. The SMILES string of the molecule is CN[C@@H](C)[C@@H](O)C1C=CC=CC1O. The van der Waals surface area contributed by atoms with Crippen LogP contribution in [0.15, 0.2) is 24.3 Å². The topological polar surface area (TPSA) is 52.5 Å². The third-order valence-corrected chi connectivity index (χ3v) is 2.51. The van der Waals surface area contributed by atoms with E-state index in [4.69, 9.17) is 0 Å². The van der Waals surface area contributed by atoms with Gasteiger partial charge in [-0.15, -0.1) is 0 Å². The number of hydrogen-bond donors (Lipinski definition) is 3. The van der Waals surface area contributed by atoms with Crippen LogP contribution in [-0.4, -0.2) is 35.5 Å². The van der Waals surface area contributed by atoms with Crippen LogP contribution >= 0.6 is 0 Å². The summed E-state index contributed by atoms with van der Waals surface area (Å²) < 4.78 is 0. The molecule has 4 atom stereocenters. The van der Waals surface area contributed by atoms with Gasteiger partial charge in [0.25, 0.3) is 0 Å². The Morgan fingerprint density at radius 3 is 2.46 bits per heavy atom. The Labute approximate surface area is 78.8 Å². The number of likely N-dealkylation sites (N-methyl/N-ethyl adjacent to an activating group) is 1. The second-order valence-electron chi connectivity index (χ2n) is 3.41. The molecule has 0 spiro atoms. The highest BCUT2D eigenvalue weighted by atomic mass is 16.3. The van der Waals surface area contributed by atoms with Crippen molar-refractivity contribution < 1.29 is 10.2 Å². The van der Waals surface area contributed by atoms with Crippen molar-refractivity contribution in [2.75, 3.05) is 7.05 Å². The Morgan fingerprint density at radius 2 is 1.92 bits per heavy atom. The molecule has 0 aromatic carbocycles. The van der Waals surface area contributed by atoms with E-state index >= 15 is 0 Å². The monoisotopic (exact) mass is 183 g/mol. The highest BCUT2D eigenvalue weighted by molar-refractivity contribution is 5.16. The lowest BCUT2D eigenvalue weighted by Gasteiger charge is -2.28. The molecule has 1 rings (SSSR count). The summed E-state index contributed by atoms with van der Waals surface area (Å²) in [6.45, 7) is 1.89. The molecule has 0 radical (unpaired) electrons. The quantitative estimate of drug-likeness (QED) is 0.580. The van der Waals surface area contributed by atoms with Gasteiger partial charge < -0.3 is 15.5 Å². The van der Waals surface area contributed by atoms with Gasteiger partial charge in [-0.25, -0.2) is 0 Å². The van der Waals surface area contributed by atoms with Gasteiger partial charge in [0.1, 0.15) is 0 Å². The average Bonchev–Trinajstić information content (AvgIpc) is 2.16. The van der Waals surface area contributed by atoms with E-state index < -0.39 is 12.2 Å². The van der Waals surface area contributed by atoms with Gasteiger partial charge in [-0.05, 0) is 14.0 Å². The lowest BCUT2D eigenvalue weighted by atomic mass is 9.89. The van der Waals surface area contributed by atoms with Crippen molar-refractivity contribution in [3.8, 4) is 0 Å². The molecule has 0 saturated heterocycles. The zero-order chi connectivity index (χ0) is 9.84. The van der Waals surface area contributed by atoms with Crippen molar-refractivity contribution in [3.63, 3.8) is 0 Å². The van der Waals surface area contributed by atoms with Crippen molar-refractivity contribution in [2.24, 2.45) is 5.92 Å². The summed E-state index contributed by atoms with van der Waals surface area (Å²) in [5.74, 6) is -0.201. The van der Waals surface area contributed by atoms with E-state index in [1.807, 2.05) is 19.1 Å². The number of hydrogen-bond acceptors (Lipinski definition) is 3. The van der Waals surface area contributed by atoms with Gasteiger partial charge in [0.2, 0.25) is 0 Å². The molecule has 3 nitrogen and oxygen atoms in total. The van der Waals surface area contributed by atoms with Crippen LogP contribution < -0.4 is 5.32 Å². The first kappa shape index (κ1) is 10.4. The molecule has 13 heavy (non-hydrogen) atoms.